The number of piperazine rings is 1. The number of para-hydroxylation sites is 1. The number of amides is 1. The molecule has 2 heterocycles. The highest BCUT2D eigenvalue weighted by atomic mass is 16.2. The van der Waals surface area contributed by atoms with Crippen LogP contribution in [-0.4, -0.2) is 49.4 Å². The molecule has 0 atom stereocenters. The van der Waals surface area contributed by atoms with E-state index in [0.29, 0.717) is 17.9 Å². The lowest BCUT2D eigenvalue weighted by Gasteiger charge is -2.30. The topological polar surface area (TPSA) is 74.0 Å². The van der Waals surface area contributed by atoms with E-state index in [9.17, 15) is 4.79 Å². The number of rotatable bonds is 3. The van der Waals surface area contributed by atoms with Gasteiger partial charge in [-0.1, -0.05) is 30.3 Å². The van der Waals surface area contributed by atoms with Crippen LogP contribution in [0.1, 0.15) is 15.9 Å². The average molecular weight is 361 g/mol. The summed E-state index contributed by atoms with van der Waals surface area (Å²) in [5, 5.41) is 3.28. The van der Waals surface area contributed by atoms with Crippen LogP contribution in [-0.2, 0) is 0 Å². The van der Waals surface area contributed by atoms with Crippen molar-refractivity contribution in [3.05, 3.63) is 71.9 Å². The molecule has 1 fully saturated rings. The van der Waals surface area contributed by atoms with Crippen LogP contribution in [0.2, 0.25) is 0 Å². The van der Waals surface area contributed by atoms with E-state index in [-0.39, 0.29) is 5.91 Å². The van der Waals surface area contributed by atoms with Gasteiger partial charge < -0.3 is 20.9 Å². The van der Waals surface area contributed by atoms with Gasteiger partial charge in [-0.2, -0.15) is 0 Å². The second kappa shape index (κ2) is 7.63. The van der Waals surface area contributed by atoms with Gasteiger partial charge in [-0.25, -0.2) is 4.99 Å². The largest absolute Gasteiger partial charge is 0.386 e. The summed E-state index contributed by atoms with van der Waals surface area (Å²) in [5.41, 5.74) is 9.61. The predicted molar refractivity (Wildman–Crippen MR) is 109 cm³/mol. The second-order valence-electron chi connectivity index (χ2n) is 6.68. The molecule has 0 bridgehead atoms. The number of nitrogens with two attached hydrogens (primary N) is 1. The maximum atomic E-state index is 12.9. The fourth-order valence-electron chi connectivity index (χ4n) is 3.43. The number of hydrogen-bond donors (Lipinski definition) is 2. The van der Waals surface area contributed by atoms with E-state index in [4.69, 9.17) is 5.73 Å². The number of amidine groups is 1. The third-order valence-electron chi connectivity index (χ3n) is 4.84. The molecule has 6 heteroatoms. The molecule has 27 heavy (non-hydrogen) atoms. The van der Waals surface area contributed by atoms with Crippen molar-refractivity contribution in [1.29, 1.82) is 0 Å². The molecule has 0 unspecified atom stereocenters. The molecule has 2 aromatic rings. The Bertz CT molecular complexity index is 884. The summed E-state index contributed by atoms with van der Waals surface area (Å²) in [6.45, 7) is 3.68. The quantitative estimate of drug-likeness (QED) is 0.876. The Morgan fingerprint density at radius 1 is 1.04 bits per heavy atom. The minimum Gasteiger partial charge on any atom is -0.386 e. The Morgan fingerprint density at radius 2 is 1.81 bits per heavy atom. The Balaban J connectivity index is 1.66. The first-order chi connectivity index (χ1) is 13.2. The van der Waals surface area contributed by atoms with Gasteiger partial charge in [-0.15, -0.1) is 0 Å². The molecular weight excluding hydrogens is 338 g/mol. The van der Waals surface area contributed by atoms with Crippen LogP contribution in [0.3, 0.4) is 0 Å². The van der Waals surface area contributed by atoms with Crippen LogP contribution in [0.25, 0.3) is 5.70 Å². The molecule has 1 amide bonds. The van der Waals surface area contributed by atoms with Crippen molar-refractivity contribution in [2.45, 2.75) is 0 Å². The molecule has 4 rings (SSSR count). The third-order valence-corrected chi connectivity index (χ3v) is 4.84. The first-order valence-electron chi connectivity index (χ1n) is 9.18. The van der Waals surface area contributed by atoms with Crippen LogP contribution in [0.4, 0.5) is 5.69 Å². The van der Waals surface area contributed by atoms with Crippen LogP contribution < -0.4 is 16.0 Å². The fraction of sp³-hybridized carbons (Fsp3) is 0.238. The zero-order valence-electron chi connectivity index (χ0n) is 15.1. The smallest absolute Gasteiger partial charge is 0.253 e. The van der Waals surface area contributed by atoms with Crippen LogP contribution >= 0.6 is 0 Å². The Labute approximate surface area is 159 Å². The average Bonchev–Trinajstić information content (AvgIpc) is 2.74. The number of aliphatic imine (C=N–C) groups is 1. The van der Waals surface area contributed by atoms with Crippen molar-refractivity contribution in [3.8, 4) is 0 Å². The highest BCUT2D eigenvalue weighted by molar-refractivity contribution is 5.98. The van der Waals surface area contributed by atoms with E-state index in [1.807, 2.05) is 59.5 Å². The number of carbonyl (C=O) groups excluding carboxylic acids is 1. The zero-order valence-corrected chi connectivity index (χ0v) is 15.1. The summed E-state index contributed by atoms with van der Waals surface area (Å²) in [7, 11) is 0. The minimum absolute atomic E-state index is 0.0732. The lowest BCUT2D eigenvalue weighted by Crippen LogP contribution is -2.46. The normalized spacial score (nSPS) is 17.3. The molecule has 0 spiro atoms. The monoisotopic (exact) mass is 361 g/mol. The van der Waals surface area contributed by atoms with Crippen LogP contribution in [0, 0.1) is 0 Å². The van der Waals surface area contributed by atoms with Crippen molar-refractivity contribution >= 4 is 23.1 Å². The first-order valence-corrected chi connectivity index (χ1v) is 9.18. The summed E-state index contributed by atoms with van der Waals surface area (Å²) < 4.78 is 0. The van der Waals surface area contributed by atoms with Crippen LogP contribution in [0.15, 0.2) is 65.8 Å². The molecule has 0 aromatic heterocycles. The predicted octanol–water partition coefficient (Wildman–Crippen LogP) is 1.91. The second-order valence-corrected chi connectivity index (χ2v) is 6.68. The van der Waals surface area contributed by atoms with Gasteiger partial charge in [-0.05, 0) is 24.3 Å². The maximum absolute atomic E-state index is 12.9. The summed E-state index contributed by atoms with van der Waals surface area (Å²) >= 11 is 0. The van der Waals surface area contributed by atoms with Gasteiger partial charge in [0.25, 0.3) is 5.91 Å². The van der Waals surface area contributed by atoms with E-state index < -0.39 is 0 Å². The summed E-state index contributed by atoms with van der Waals surface area (Å²) in [4.78, 5) is 21.2. The van der Waals surface area contributed by atoms with Crippen LogP contribution in [0.5, 0.6) is 0 Å². The van der Waals surface area contributed by atoms with E-state index >= 15 is 0 Å². The number of anilines is 1. The molecule has 6 nitrogen and oxygen atoms in total. The Morgan fingerprint density at radius 3 is 2.59 bits per heavy atom. The van der Waals surface area contributed by atoms with E-state index in [1.54, 1.807) is 6.20 Å². The Hall–Kier alpha value is -3.12. The highest BCUT2D eigenvalue weighted by Crippen LogP contribution is 2.28. The summed E-state index contributed by atoms with van der Waals surface area (Å²) in [6, 6.07) is 17.8. The van der Waals surface area contributed by atoms with Gasteiger partial charge in [0.1, 0.15) is 5.84 Å². The van der Waals surface area contributed by atoms with Crippen molar-refractivity contribution in [2.75, 3.05) is 37.6 Å². The number of hydrogen-bond acceptors (Lipinski definition) is 5. The van der Waals surface area contributed by atoms with Crippen molar-refractivity contribution in [2.24, 2.45) is 10.7 Å². The molecule has 138 valence electrons. The van der Waals surface area contributed by atoms with Gasteiger partial charge in [0.2, 0.25) is 0 Å². The third kappa shape index (κ3) is 3.71. The number of benzene rings is 2. The number of carbonyl (C=O) groups is 1. The van der Waals surface area contributed by atoms with E-state index in [1.165, 1.54) is 0 Å². The molecular formula is C21H23N5O. The fourth-order valence-corrected chi connectivity index (χ4v) is 3.43. The van der Waals surface area contributed by atoms with Crippen molar-refractivity contribution < 1.29 is 4.79 Å². The summed E-state index contributed by atoms with van der Waals surface area (Å²) in [6.07, 6.45) is 1.78. The molecule has 0 aliphatic carbocycles. The molecule has 2 aliphatic heterocycles. The van der Waals surface area contributed by atoms with Gasteiger partial charge >= 0.3 is 0 Å². The molecule has 1 saturated heterocycles. The highest BCUT2D eigenvalue weighted by Gasteiger charge is 2.21. The SMILES string of the molecule is NC1=NC=C(c2cccc(C(=O)N3CCNCC3)c2)N(c2ccccc2)C1. The number of nitrogens with one attached hydrogen (secondary N) is 1. The molecule has 2 aromatic carbocycles. The molecule has 0 radical (unpaired) electrons. The van der Waals surface area contributed by atoms with Crippen molar-refractivity contribution in [3.63, 3.8) is 0 Å². The molecule has 0 saturated carbocycles. The van der Waals surface area contributed by atoms with Gasteiger partial charge in [0.05, 0.1) is 18.4 Å². The lowest BCUT2D eigenvalue weighted by molar-refractivity contribution is 0.0736. The van der Waals surface area contributed by atoms with E-state index in [0.717, 1.165) is 43.1 Å². The zero-order chi connectivity index (χ0) is 18.6. The van der Waals surface area contributed by atoms with Gasteiger partial charge in [0.15, 0.2) is 0 Å². The Kier molecular flexibility index (Phi) is 4.89. The van der Waals surface area contributed by atoms with Crippen molar-refractivity contribution in [1.82, 2.24) is 10.2 Å². The standard InChI is InChI=1S/C21H23N5O/c22-20-15-26(18-7-2-1-3-8-18)19(14-24-20)16-5-4-6-17(13-16)21(27)25-11-9-23-10-12-25/h1-8,13-14,23H,9-12,15H2,(H2,22,24). The van der Waals surface area contributed by atoms with E-state index in [2.05, 4.69) is 15.2 Å². The molecule has 3 N–H and O–H groups in total. The summed E-state index contributed by atoms with van der Waals surface area (Å²) in [5.74, 6) is 0.639. The maximum Gasteiger partial charge on any atom is 0.253 e. The van der Waals surface area contributed by atoms with Gasteiger partial charge in [-0.3, -0.25) is 4.79 Å². The lowest BCUT2D eigenvalue weighted by atomic mass is 10.0. The van der Waals surface area contributed by atoms with Gasteiger partial charge in [0, 0.05) is 43.0 Å². The molecule has 2 aliphatic rings. The first kappa shape index (κ1) is 17.3. The number of nitrogens with zero attached hydrogens (tertiary/aromatic N) is 3. The minimum atomic E-state index is 0.0732.